The summed E-state index contributed by atoms with van der Waals surface area (Å²) in [6, 6.07) is 0. The van der Waals surface area contributed by atoms with E-state index in [4.69, 9.17) is 19.1 Å². The highest BCUT2D eigenvalue weighted by Gasteiger charge is 2.43. The van der Waals surface area contributed by atoms with Crippen LogP contribution in [0.1, 0.15) is 197 Å². The van der Waals surface area contributed by atoms with Crippen LogP contribution in [0.25, 0.3) is 0 Å². The van der Waals surface area contributed by atoms with Gasteiger partial charge in [-0.3, -0.25) is 19.3 Å². The van der Waals surface area contributed by atoms with Crippen LogP contribution >= 0.6 is 0 Å². The second-order valence-electron chi connectivity index (χ2n) is 17.1. The normalized spacial score (nSPS) is 20.4. The molecule has 0 unspecified atom stereocenters. The van der Waals surface area contributed by atoms with Gasteiger partial charge in [-0.05, 0) is 145 Å². The third kappa shape index (κ3) is 16.7. The molecule has 0 bridgehead atoms. The lowest BCUT2D eigenvalue weighted by Gasteiger charge is -2.51. The quantitative estimate of drug-likeness (QED) is 0.0696. The lowest BCUT2D eigenvalue weighted by molar-refractivity contribution is -0.281. The molecule has 0 aromatic carbocycles. The van der Waals surface area contributed by atoms with Crippen LogP contribution in [0.2, 0.25) is 0 Å². The van der Waals surface area contributed by atoms with E-state index in [-0.39, 0.29) is 34.1 Å². The first-order chi connectivity index (χ1) is 22.7. The molecule has 0 saturated carbocycles. The Labute approximate surface area is 295 Å². The van der Waals surface area contributed by atoms with Gasteiger partial charge in [0.2, 0.25) is 0 Å². The molecular weight excluding hydrogens is 604 g/mol. The van der Waals surface area contributed by atoms with Gasteiger partial charge in [0.1, 0.15) is 0 Å². The summed E-state index contributed by atoms with van der Waals surface area (Å²) in [5.41, 5.74) is 0.356. The Morgan fingerprint density at radius 1 is 0.417 bits per heavy atom. The van der Waals surface area contributed by atoms with E-state index in [1.165, 1.54) is 38.5 Å². The predicted octanol–water partition coefficient (Wildman–Crippen LogP) is 10.3. The molecule has 0 aromatic rings. The summed E-state index contributed by atoms with van der Waals surface area (Å²) < 4.78 is 10.9. The summed E-state index contributed by atoms with van der Waals surface area (Å²) in [5, 5.41) is 4.47. The van der Waals surface area contributed by atoms with Crippen LogP contribution in [0.15, 0.2) is 0 Å². The zero-order valence-electron chi connectivity index (χ0n) is 32.7. The van der Waals surface area contributed by atoms with Gasteiger partial charge >= 0.3 is 11.9 Å². The van der Waals surface area contributed by atoms with Crippen LogP contribution in [0.5, 0.6) is 0 Å². The fourth-order valence-electron chi connectivity index (χ4n) is 7.84. The van der Waals surface area contributed by atoms with Crippen LogP contribution in [0.4, 0.5) is 0 Å². The van der Waals surface area contributed by atoms with E-state index in [1.54, 1.807) is 0 Å². The topological polar surface area (TPSA) is 77.5 Å². The third-order valence-electron chi connectivity index (χ3n) is 10.4. The summed E-state index contributed by atoms with van der Waals surface area (Å²) in [6.45, 7) is 20.8. The number of carbonyl (C=O) groups excluding carboxylic acids is 2. The lowest BCUT2D eigenvalue weighted by Crippen LogP contribution is -2.58. The highest BCUT2D eigenvalue weighted by atomic mass is 16.7. The second-order valence-corrected chi connectivity index (χ2v) is 17.1. The highest BCUT2D eigenvalue weighted by Crippen LogP contribution is 2.39. The van der Waals surface area contributed by atoms with Crippen molar-refractivity contribution in [2.45, 2.75) is 219 Å². The first kappa shape index (κ1) is 42.9. The monoisotopic (exact) mass is 681 g/mol. The maximum atomic E-state index is 12.1. The molecule has 8 heteroatoms. The molecule has 0 spiro atoms. The van der Waals surface area contributed by atoms with Crippen LogP contribution in [-0.2, 0) is 28.7 Å². The number of nitrogens with zero attached hydrogens (tertiary/aromatic N) is 2. The molecule has 2 aliphatic rings. The van der Waals surface area contributed by atoms with Gasteiger partial charge in [0, 0.05) is 35.0 Å². The number of ether oxygens (including phenoxy) is 2. The molecule has 0 N–H and O–H groups in total. The van der Waals surface area contributed by atoms with Crippen LogP contribution in [-0.4, -0.2) is 70.6 Å². The van der Waals surface area contributed by atoms with Gasteiger partial charge in [0.15, 0.2) is 0 Å². The van der Waals surface area contributed by atoms with E-state index in [2.05, 4.69) is 65.5 Å². The number of rotatable bonds is 25. The van der Waals surface area contributed by atoms with E-state index in [0.29, 0.717) is 26.1 Å². The van der Waals surface area contributed by atoms with Crippen LogP contribution < -0.4 is 0 Å². The van der Waals surface area contributed by atoms with Crippen molar-refractivity contribution in [3.8, 4) is 0 Å². The number of hydrogen-bond donors (Lipinski definition) is 0. The average Bonchev–Trinajstić information content (AvgIpc) is 2.98. The molecule has 0 amide bonds. The average molecular weight is 681 g/mol. The van der Waals surface area contributed by atoms with Gasteiger partial charge in [-0.1, -0.05) is 38.5 Å². The molecule has 48 heavy (non-hydrogen) atoms. The number of hydroxylamine groups is 4. The Bertz CT molecular complexity index is 798. The van der Waals surface area contributed by atoms with E-state index < -0.39 is 0 Å². The summed E-state index contributed by atoms with van der Waals surface area (Å²) >= 11 is 0. The minimum absolute atomic E-state index is 0.0745. The van der Waals surface area contributed by atoms with Crippen LogP contribution in [0.3, 0.4) is 0 Å². The summed E-state index contributed by atoms with van der Waals surface area (Å²) in [5.74, 6) is -0.149. The van der Waals surface area contributed by atoms with Crippen molar-refractivity contribution in [2.24, 2.45) is 0 Å². The standard InChI is InChI=1S/C40H76N2O6/c1-37(2)27-23-28-38(3,4)41(37)47-33-21-15-13-19-31-45-35(43)25-17-11-9-10-12-18-26-36(44)46-32-20-14-16-22-34-48-42-39(5,6)29-24-30-40(42,7)8/h9-34H2,1-8H3. The Morgan fingerprint density at radius 2 is 0.688 bits per heavy atom. The smallest absolute Gasteiger partial charge is 0.305 e. The molecule has 2 heterocycles. The van der Waals surface area contributed by atoms with E-state index in [9.17, 15) is 9.59 Å². The molecular formula is C40H76N2O6. The minimum atomic E-state index is -0.0745. The van der Waals surface area contributed by atoms with Crippen molar-refractivity contribution in [3.63, 3.8) is 0 Å². The highest BCUT2D eigenvalue weighted by molar-refractivity contribution is 5.69. The molecule has 282 valence electrons. The molecule has 2 rings (SSSR count). The Hall–Kier alpha value is -1.22. The maximum absolute atomic E-state index is 12.1. The van der Waals surface area contributed by atoms with Gasteiger partial charge in [0.25, 0.3) is 0 Å². The number of carbonyl (C=O) groups is 2. The first-order valence-electron chi connectivity index (χ1n) is 19.9. The number of esters is 2. The molecule has 0 radical (unpaired) electrons. The van der Waals surface area contributed by atoms with Crippen molar-refractivity contribution in [1.82, 2.24) is 10.1 Å². The lowest BCUT2D eigenvalue weighted by atomic mass is 9.82. The van der Waals surface area contributed by atoms with Crippen molar-refractivity contribution < 1.29 is 28.7 Å². The van der Waals surface area contributed by atoms with E-state index in [1.807, 2.05) is 0 Å². The van der Waals surface area contributed by atoms with Gasteiger partial charge in [0.05, 0.1) is 26.4 Å². The Balaban J connectivity index is 1.32. The Morgan fingerprint density at radius 3 is 1.02 bits per heavy atom. The van der Waals surface area contributed by atoms with Gasteiger partial charge in [-0.2, -0.15) is 10.1 Å². The fourth-order valence-corrected chi connectivity index (χ4v) is 7.84. The third-order valence-corrected chi connectivity index (χ3v) is 10.4. The molecule has 0 atom stereocenters. The molecule has 2 fully saturated rings. The van der Waals surface area contributed by atoms with Crippen molar-refractivity contribution >= 4 is 11.9 Å². The zero-order valence-corrected chi connectivity index (χ0v) is 32.7. The Kier molecular flexibility index (Phi) is 19.6. The molecule has 0 aliphatic carbocycles. The second kappa shape index (κ2) is 21.9. The fraction of sp³-hybridized carbons (Fsp3) is 0.950. The number of piperidine rings is 2. The summed E-state index contributed by atoms with van der Waals surface area (Å²) in [7, 11) is 0. The number of unbranched alkanes of at least 4 members (excludes halogenated alkanes) is 11. The molecule has 0 aromatic heterocycles. The van der Waals surface area contributed by atoms with Crippen LogP contribution in [0, 0.1) is 0 Å². The van der Waals surface area contributed by atoms with E-state index in [0.717, 1.165) is 103 Å². The SMILES string of the molecule is CC1(C)CCCC(C)(C)N1OCCCCCCOC(=O)CCCCCCCCC(=O)OCCCCCCON1C(C)(C)CCCC1(C)C. The van der Waals surface area contributed by atoms with Crippen molar-refractivity contribution in [3.05, 3.63) is 0 Å². The summed E-state index contributed by atoms with van der Waals surface area (Å²) in [4.78, 5) is 36.6. The predicted molar refractivity (Wildman–Crippen MR) is 195 cm³/mol. The van der Waals surface area contributed by atoms with Gasteiger partial charge < -0.3 is 9.47 Å². The van der Waals surface area contributed by atoms with E-state index >= 15 is 0 Å². The number of hydrogen-bond acceptors (Lipinski definition) is 8. The molecule has 2 saturated heterocycles. The molecule has 8 nitrogen and oxygen atoms in total. The maximum Gasteiger partial charge on any atom is 0.305 e. The zero-order chi connectivity index (χ0) is 35.5. The molecule has 2 aliphatic heterocycles. The van der Waals surface area contributed by atoms with Gasteiger partial charge in [-0.15, -0.1) is 0 Å². The van der Waals surface area contributed by atoms with Gasteiger partial charge in [-0.25, -0.2) is 0 Å². The van der Waals surface area contributed by atoms with Crippen molar-refractivity contribution in [2.75, 3.05) is 26.4 Å². The minimum Gasteiger partial charge on any atom is -0.466 e. The van der Waals surface area contributed by atoms with Crippen molar-refractivity contribution in [1.29, 1.82) is 0 Å². The summed E-state index contributed by atoms with van der Waals surface area (Å²) in [6.07, 6.45) is 22.4. The largest absolute Gasteiger partial charge is 0.466 e. The first-order valence-corrected chi connectivity index (χ1v) is 19.9.